The molecule has 9 nitrogen and oxygen atoms in total. The summed E-state index contributed by atoms with van der Waals surface area (Å²) in [7, 11) is 0. The maximum absolute atomic E-state index is 12.9. The van der Waals surface area contributed by atoms with E-state index in [9.17, 15) is 18.0 Å². The molecule has 3 aromatic heterocycles. The molecule has 1 N–H and O–H groups in total. The van der Waals surface area contributed by atoms with Crippen molar-refractivity contribution in [1.82, 2.24) is 24.1 Å². The van der Waals surface area contributed by atoms with Crippen LogP contribution in [-0.4, -0.2) is 48.4 Å². The Morgan fingerprint density at radius 2 is 2.03 bits per heavy atom. The van der Waals surface area contributed by atoms with Gasteiger partial charge in [-0.05, 0) is 33.6 Å². The number of hydrogen-bond acceptors (Lipinski definition) is 6. The van der Waals surface area contributed by atoms with Crippen molar-refractivity contribution in [1.29, 1.82) is 0 Å². The molecule has 32 heavy (non-hydrogen) atoms. The van der Waals surface area contributed by atoms with Gasteiger partial charge in [0, 0.05) is 30.1 Å². The lowest BCUT2D eigenvalue weighted by atomic mass is 9.62. The van der Waals surface area contributed by atoms with Gasteiger partial charge in [-0.1, -0.05) is 0 Å². The fourth-order valence-corrected chi connectivity index (χ4v) is 4.50. The van der Waals surface area contributed by atoms with Crippen molar-refractivity contribution in [3.05, 3.63) is 35.9 Å². The number of nitrogens with zero attached hydrogens (tertiary/aromatic N) is 5. The summed E-state index contributed by atoms with van der Waals surface area (Å²) in [6.07, 6.45) is 0.818. The van der Waals surface area contributed by atoms with Crippen LogP contribution in [-0.2, 0) is 16.5 Å². The molecule has 0 spiro atoms. The second-order valence-electron chi connectivity index (χ2n) is 8.90. The fourth-order valence-electron chi connectivity index (χ4n) is 4.50. The van der Waals surface area contributed by atoms with Gasteiger partial charge in [-0.3, -0.25) is 9.20 Å². The first kappa shape index (κ1) is 20.7. The summed E-state index contributed by atoms with van der Waals surface area (Å²) >= 11 is 0. The van der Waals surface area contributed by atoms with Crippen LogP contribution < -0.4 is 10.1 Å². The summed E-state index contributed by atoms with van der Waals surface area (Å²) in [5.74, 6) is -0.541. The second kappa shape index (κ2) is 6.67. The fraction of sp³-hybridized carbons (Fsp3) is 0.500. The number of imidazole rings is 1. The zero-order valence-electron chi connectivity index (χ0n) is 17.6. The van der Waals surface area contributed by atoms with Gasteiger partial charge in [-0.2, -0.15) is 9.67 Å². The number of amides is 1. The minimum absolute atomic E-state index is 0.0380. The number of alkyl halides is 3. The predicted octanol–water partition coefficient (Wildman–Crippen LogP) is 3.26. The lowest BCUT2D eigenvalue weighted by Crippen LogP contribution is -2.45. The van der Waals surface area contributed by atoms with Gasteiger partial charge in [0.25, 0.3) is 5.91 Å². The van der Waals surface area contributed by atoms with Gasteiger partial charge in [0.1, 0.15) is 5.56 Å². The third-order valence-electron chi connectivity index (χ3n) is 5.76. The van der Waals surface area contributed by atoms with Crippen molar-refractivity contribution in [2.45, 2.75) is 57.0 Å². The van der Waals surface area contributed by atoms with Crippen LogP contribution in [0.1, 0.15) is 49.7 Å². The van der Waals surface area contributed by atoms with Crippen molar-refractivity contribution >= 4 is 17.5 Å². The third kappa shape index (κ3) is 3.38. The van der Waals surface area contributed by atoms with Crippen LogP contribution in [0.3, 0.4) is 0 Å². The molecule has 2 aliphatic heterocycles. The van der Waals surface area contributed by atoms with Gasteiger partial charge in [0.05, 0.1) is 24.0 Å². The molecule has 2 bridgehead atoms. The van der Waals surface area contributed by atoms with Crippen LogP contribution >= 0.6 is 0 Å². The lowest BCUT2D eigenvalue weighted by Gasteiger charge is -2.41. The molecule has 170 valence electrons. The highest BCUT2D eigenvalue weighted by Crippen LogP contribution is 2.58. The number of halogens is 3. The Kier molecular flexibility index (Phi) is 4.32. The zero-order chi connectivity index (χ0) is 22.9. The van der Waals surface area contributed by atoms with Crippen LogP contribution in [0.25, 0.3) is 5.78 Å². The van der Waals surface area contributed by atoms with E-state index in [1.165, 1.54) is 6.20 Å². The molecular weight excluding hydrogens is 429 g/mol. The van der Waals surface area contributed by atoms with E-state index in [1.54, 1.807) is 18.2 Å². The molecule has 0 radical (unpaired) electrons. The molecule has 0 aromatic carbocycles. The first-order valence-electron chi connectivity index (χ1n) is 10.1. The monoisotopic (exact) mass is 450 g/mol. The van der Waals surface area contributed by atoms with Crippen molar-refractivity contribution in [2.24, 2.45) is 0 Å². The summed E-state index contributed by atoms with van der Waals surface area (Å²) in [6.45, 7) is 6.21. The van der Waals surface area contributed by atoms with Gasteiger partial charge in [0.15, 0.2) is 5.82 Å². The normalized spacial score (nSPS) is 24.7. The Morgan fingerprint density at radius 1 is 1.28 bits per heavy atom. The number of rotatable bonds is 5. The summed E-state index contributed by atoms with van der Waals surface area (Å²) in [6, 6.07) is 1.06. The van der Waals surface area contributed by atoms with Crippen molar-refractivity contribution in [3.63, 3.8) is 0 Å². The van der Waals surface area contributed by atoms with E-state index in [4.69, 9.17) is 9.47 Å². The van der Waals surface area contributed by atoms with Crippen LogP contribution in [0.4, 0.5) is 19.0 Å². The topological polar surface area (TPSA) is 95.6 Å². The number of nitrogens with one attached hydrogen (secondary N) is 1. The first-order chi connectivity index (χ1) is 15.0. The number of anilines is 1. The van der Waals surface area contributed by atoms with E-state index in [1.807, 2.05) is 6.20 Å². The minimum Gasteiger partial charge on any atom is -0.474 e. The Bertz CT molecular complexity index is 1210. The molecule has 3 fully saturated rings. The molecule has 2 saturated heterocycles. The average Bonchev–Trinajstić information content (AvgIpc) is 3.41. The van der Waals surface area contributed by atoms with E-state index in [2.05, 4.69) is 27.3 Å². The molecule has 1 saturated carbocycles. The molecule has 6 rings (SSSR count). The van der Waals surface area contributed by atoms with Gasteiger partial charge in [-0.15, -0.1) is 18.3 Å². The number of aromatic nitrogens is 5. The minimum atomic E-state index is -4.68. The van der Waals surface area contributed by atoms with Crippen LogP contribution in [0.15, 0.2) is 24.7 Å². The highest BCUT2D eigenvalue weighted by Gasteiger charge is 2.61. The number of carbonyl (C=O) groups excluding carboxylic acids is 1. The Morgan fingerprint density at radius 3 is 2.62 bits per heavy atom. The van der Waals surface area contributed by atoms with E-state index >= 15 is 0 Å². The maximum atomic E-state index is 12.9. The molecule has 0 unspecified atom stereocenters. The Hall–Kier alpha value is -3.15. The number of hydrogen-bond donors (Lipinski definition) is 1. The highest BCUT2D eigenvalue weighted by atomic mass is 19.4. The molecule has 1 amide bonds. The largest absolute Gasteiger partial charge is 0.504 e. The standard InChI is InChI=1S/C20H21F3N6O3/c1-11(2)32-16-12(15(30)25-14-4-5-29(27-14)20(21,22)23)6-28-7-13(24-17(28)26-16)19-8-18(3,9-19)31-10-19/h4-7,11H,8-10H2,1-3H3,(H,25,27,30). The summed E-state index contributed by atoms with van der Waals surface area (Å²) in [5, 5.41) is 5.71. The summed E-state index contributed by atoms with van der Waals surface area (Å²) in [4.78, 5) is 21.9. The molecule has 12 heteroatoms. The van der Waals surface area contributed by atoms with Gasteiger partial charge >= 0.3 is 6.30 Å². The predicted molar refractivity (Wildman–Crippen MR) is 105 cm³/mol. The number of ether oxygens (including phenoxy) is 2. The molecular formula is C20H21F3N6O3. The van der Waals surface area contributed by atoms with Crippen molar-refractivity contribution in [2.75, 3.05) is 11.9 Å². The van der Waals surface area contributed by atoms with Gasteiger partial charge < -0.3 is 14.8 Å². The summed E-state index contributed by atoms with van der Waals surface area (Å²) < 4.78 is 51.3. The van der Waals surface area contributed by atoms with E-state index in [0.29, 0.717) is 12.4 Å². The third-order valence-corrected chi connectivity index (χ3v) is 5.76. The van der Waals surface area contributed by atoms with Crippen molar-refractivity contribution < 1.29 is 27.4 Å². The van der Waals surface area contributed by atoms with Gasteiger partial charge in [0.2, 0.25) is 11.7 Å². The van der Waals surface area contributed by atoms with E-state index in [-0.39, 0.29) is 39.1 Å². The van der Waals surface area contributed by atoms with Gasteiger partial charge in [-0.25, -0.2) is 4.98 Å². The van der Waals surface area contributed by atoms with E-state index < -0.39 is 12.2 Å². The molecule has 0 atom stereocenters. The molecule has 5 heterocycles. The van der Waals surface area contributed by atoms with Crippen molar-refractivity contribution in [3.8, 4) is 5.88 Å². The van der Waals surface area contributed by atoms with Crippen LogP contribution in [0.5, 0.6) is 5.88 Å². The zero-order valence-corrected chi connectivity index (χ0v) is 17.6. The number of carbonyl (C=O) groups is 1. The summed E-state index contributed by atoms with van der Waals surface area (Å²) in [5.41, 5.74) is 0.612. The Labute approximate surface area is 180 Å². The molecule has 1 aliphatic carbocycles. The highest BCUT2D eigenvalue weighted by molar-refractivity contribution is 6.05. The quantitative estimate of drug-likeness (QED) is 0.641. The molecule has 3 aliphatic rings. The maximum Gasteiger partial charge on any atom is 0.504 e. The van der Waals surface area contributed by atoms with Crippen LogP contribution in [0, 0.1) is 0 Å². The number of fused-ring (bicyclic) bond motifs is 2. The Balaban J connectivity index is 1.48. The average molecular weight is 450 g/mol. The SMILES string of the molecule is CC(C)Oc1nc2nc(C34COC(C)(C3)C4)cn2cc1C(=O)Nc1ccn(C(F)(F)F)n1. The first-order valence-corrected chi connectivity index (χ1v) is 10.1. The van der Waals surface area contributed by atoms with Crippen LogP contribution in [0.2, 0.25) is 0 Å². The second-order valence-corrected chi connectivity index (χ2v) is 8.90. The van der Waals surface area contributed by atoms with E-state index in [0.717, 1.165) is 30.8 Å². The lowest BCUT2D eigenvalue weighted by molar-refractivity contribution is -0.212. The molecule has 3 aromatic rings. The smallest absolute Gasteiger partial charge is 0.474 e.